The molecule has 1 aromatic rings. The molecule has 1 saturated heterocycles. The summed E-state index contributed by atoms with van der Waals surface area (Å²) in [6.07, 6.45) is 0.398. The van der Waals surface area contributed by atoms with Gasteiger partial charge in [-0.1, -0.05) is 0 Å². The summed E-state index contributed by atoms with van der Waals surface area (Å²) in [6.45, 7) is 8.73. The molecule has 1 atom stereocenters. The van der Waals surface area contributed by atoms with Crippen molar-refractivity contribution < 1.29 is 19.4 Å². The first-order valence-corrected chi connectivity index (χ1v) is 7.56. The summed E-state index contributed by atoms with van der Waals surface area (Å²) in [7, 11) is 0. The minimum Gasteiger partial charge on any atom is -0.481 e. The van der Waals surface area contributed by atoms with Crippen molar-refractivity contribution in [3.8, 4) is 0 Å². The van der Waals surface area contributed by atoms with Crippen molar-refractivity contribution in [2.75, 3.05) is 13.2 Å². The molecule has 1 unspecified atom stereocenters. The average Bonchev–Trinajstić information content (AvgIpc) is 2.93. The van der Waals surface area contributed by atoms with E-state index >= 15 is 0 Å². The van der Waals surface area contributed by atoms with E-state index in [4.69, 9.17) is 9.84 Å². The minimum absolute atomic E-state index is 0.123. The highest BCUT2D eigenvalue weighted by Gasteiger charge is 2.39. The van der Waals surface area contributed by atoms with Crippen LogP contribution in [0.15, 0.2) is 6.07 Å². The molecular formula is C16H24N2O4. The lowest BCUT2D eigenvalue weighted by Gasteiger charge is -2.27. The predicted octanol–water partition coefficient (Wildman–Crippen LogP) is 2.05. The fourth-order valence-electron chi connectivity index (χ4n) is 3.29. The number of nitrogens with one attached hydrogen (secondary N) is 1. The number of aliphatic carboxylic acids is 1. The quantitative estimate of drug-likeness (QED) is 0.872. The van der Waals surface area contributed by atoms with E-state index in [0.29, 0.717) is 18.6 Å². The molecule has 2 heterocycles. The van der Waals surface area contributed by atoms with Crippen LogP contribution < -0.4 is 5.32 Å². The van der Waals surface area contributed by atoms with E-state index in [0.717, 1.165) is 11.4 Å². The lowest BCUT2D eigenvalue weighted by atomic mass is 9.93. The maximum atomic E-state index is 12.6. The number of carbonyl (C=O) groups is 2. The van der Waals surface area contributed by atoms with E-state index in [1.165, 1.54) is 0 Å². The molecule has 0 bridgehead atoms. The Morgan fingerprint density at radius 1 is 1.45 bits per heavy atom. The van der Waals surface area contributed by atoms with Crippen molar-refractivity contribution in [2.45, 2.75) is 52.1 Å². The molecule has 0 radical (unpaired) electrons. The maximum Gasteiger partial charge on any atom is 0.305 e. The largest absolute Gasteiger partial charge is 0.481 e. The van der Waals surface area contributed by atoms with E-state index in [1.54, 1.807) is 0 Å². The fraction of sp³-hybridized carbons (Fsp3) is 0.625. The summed E-state index contributed by atoms with van der Waals surface area (Å²) in [5.41, 5.74) is 1.72. The van der Waals surface area contributed by atoms with Crippen LogP contribution in [0.3, 0.4) is 0 Å². The molecule has 1 aliphatic heterocycles. The highest BCUT2D eigenvalue weighted by molar-refractivity contribution is 5.96. The topological polar surface area (TPSA) is 80.6 Å². The summed E-state index contributed by atoms with van der Waals surface area (Å²) < 4.78 is 7.41. The van der Waals surface area contributed by atoms with Crippen LogP contribution in [-0.2, 0) is 9.53 Å². The number of carbonyl (C=O) groups excluding carboxylic acids is 1. The number of hydrogen-bond donors (Lipinski definition) is 2. The number of hydrogen-bond acceptors (Lipinski definition) is 3. The first-order valence-electron chi connectivity index (χ1n) is 7.56. The molecule has 0 spiro atoms. The van der Waals surface area contributed by atoms with Gasteiger partial charge in [0.1, 0.15) is 0 Å². The van der Waals surface area contributed by atoms with Crippen molar-refractivity contribution in [1.82, 2.24) is 9.88 Å². The zero-order valence-corrected chi connectivity index (χ0v) is 13.6. The number of aromatic nitrogens is 1. The van der Waals surface area contributed by atoms with Crippen LogP contribution in [0.25, 0.3) is 0 Å². The Morgan fingerprint density at radius 3 is 2.59 bits per heavy atom. The molecule has 0 aromatic carbocycles. The normalized spacial score (nSPS) is 21.3. The lowest BCUT2D eigenvalue weighted by molar-refractivity contribution is -0.138. The second-order valence-electron chi connectivity index (χ2n) is 6.36. The van der Waals surface area contributed by atoms with Crippen molar-refractivity contribution in [2.24, 2.45) is 0 Å². The molecule has 6 heteroatoms. The Bertz CT molecular complexity index is 583. The third kappa shape index (κ3) is 3.16. The third-order valence-electron chi connectivity index (χ3n) is 4.22. The van der Waals surface area contributed by atoms with Gasteiger partial charge < -0.3 is 19.7 Å². The van der Waals surface area contributed by atoms with Crippen LogP contribution in [0.5, 0.6) is 0 Å². The zero-order valence-electron chi connectivity index (χ0n) is 13.6. The summed E-state index contributed by atoms with van der Waals surface area (Å²) >= 11 is 0. The maximum absolute atomic E-state index is 12.6. The number of rotatable bonds is 5. The van der Waals surface area contributed by atoms with Crippen LogP contribution in [0, 0.1) is 13.8 Å². The predicted molar refractivity (Wildman–Crippen MR) is 82.2 cm³/mol. The third-order valence-corrected chi connectivity index (χ3v) is 4.22. The Balaban J connectivity index is 2.25. The smallest absolute Gasteiger partial charge is 0.305 e. The second kappa shape index (κ2) is 6.12. The minimum atomic E-state index is -0.932. The van der Waals surface area contributed by atoms with Crippen molar-refractivity contribution in [1.29, 1.82) is 0 Å². The van der Waals surface area contributed by atoms with Gasteiger partial charge in [0.25, 0.3) is 5.91 Å². The van der Waals surface area contributed by atoms with Crippen molar-refractivity contribution in [3.05, 3.63) is 23.0 Å². The van der Waals surface area contributed by atoms with Crippen LogP contribution in [0.1, 0.15) is 54.5 Å². The van der Waals surface area contributed by atoms with Crippen LogP contribution in [0.4, 0.5) is 0 Å². The van der Waals surface area contributed by atoms with Gasteiger partial charge in [-0.25, -0.2) is 0 Å². The molecule has 2 rings (SSSR count). The van der Waals surface area contributed by atoms with Gasteiger partial charge in [0.05, 0.1) is 24.1 Å². The summed E-state index contributed by atoms with van der Waals surface area (Å²) in [5.74, 6) is -1.16. The SMILES string of the molecule is Cc1cc(C(=O)NC2(CC(=O)O)CCOC2)c(C)n1C(C)C. The lowest BCUT2D eigenvalue weighted by Crippen LogP contribution is -2.50. The van der Waals surface area contributed by atoms with Crippen molar-refractivity contribution >= 4 is 11.9 Å². The van der Waals surface area contributed by atoms with Crippen LogP contribution in [0.2, 0.25) is 0 Å². The number of ether oxygens (including phenoxy) is 1. The van der Waals surface area contributed by atoms with E-state index in [9.17, 15) is 9.59 Å². The average molecular weight is 308 g/mol. The molecule has 1 aliphatic rings. The monoisotopic (exact) mass is 308 g/mol. The Hall–Kier alpha value is -1.82. The van der Waals surface area contributed by atoms with Gasteiger partial charge in [-0.2, -0.15) is 0 Å². The molecular weight excluding hydrogens is 284 g/mol. The van der Waals surface area contributed by atoms with Crippen LogP contribution >= 0.6 is 0 Å². The molecule has 6 nitrogen and oxygen atoms in total. The molecule has 1 aromatic heterocycles. The highest BCUT2D eigenvalue weighted by atomic mass is 16.5. The Kier molecular flexibility index (Phi) is 4.60. The zero-order chi connectivity index (χ0) is 16.5. The molecule has 2 N–H and O–H groups in total. The summed E-state index contributed by atoms with van der Waals surface area (Å²) in [6, 6.07) is 2.12. The molecule has 22 heavy (non-hydrogen) atoms. The van der Waals surface area contributed by atoms with E-state index in [-0.39, 0.29) is 25.0 Å². The van der Waals surface area contributed by atoms with Gasteiger partial charge in [0.2, 0.25) is 0 Å². The number of nitrogens with zero attached hydrogens (tertiary/aromatic N) is 1. The standard InChI is InChI=1S/C16H24N2O4/c1-10(2)18-11(3)7-13(12(18)4)15(21)17-16(8-14(19)20)5-6-22-9-16/h7,10H,5-6,8-9H2,1-4H3,(H,17,21)(H,19,20). The number of amides is 1. The van der Waals surface area contributed by atoms with Gasteiger partial charge in [0.15, 0.2) is 0 Å². The first-order chi connectivity index (χ1) is 10.3. The Labute approximate surface area is 130 Å². The second-order valence-corrected chi connectivity index (χ2v) is 6.36. The molecule has 1 amide bonds. The van der Waals surface area contributed by atoms with E-state index in [1.807, 2.05) is 19.9 Å². The van der Waals surface area contributed by atoms with Crippen LogP contribution in [-0.4, -0.2) is 40.3 Å². The number of carboxylic acids is 1. The Morgan fingerprint density at radius 2 is 2.14 bits per heavy atom. The molecule has 0 aliphatic carbocycles. The summed E-state index contributed by atoms with van der Waals surface area (Å²) in [5, 5.41) is 12.0. The molecule has 1 fully saturated rings. The van der Waals surface area contributed by atoms with E-state index in [2.05, 4.69) is 23.7 Å². The van der Waals surface area contributed by atoms with Gasteiger partial charge in [-0.3, -0.25) is 9.59 Å². The van der Waals surface area contributed by atoms with E-state index < -0.39 is 11.5 Å². The number of aryl methyl sites for hydroxylation is 1. The first kappa shape index (κ1) is 16.5. The number of carboxylic acid groups (broad SMARTS) is 1. The van der Waals surface area contributed by atoms with Gasteiger partial charge in [0, 0.05) is 24.0 Å². The fourth-order valence-corrected chi connectivity index (χ4v) is 3.29. The molecule has 122 valence electrons. The van der Waals surface area contributed by atoms with Crippen molar-refractivity contribution in [3.63, 3.8) is 0 Å². The highest BCUT2D eigenvalue weighted by Crippen LogP contribution is 2.25. The van der Waals surface area contributed by atoms with Gasteiger partial charge in [-0.15, -0.1) is 0 Å². The van der Waals surface area contributed by atoms with Gasteiger partial charge in [-0.05, 0) is 40.2 Å². The summed E-state index contributed by atoms with van der Waals surface area (Å²) in [4.78, 5) is 23.7. The van der Waals surface area contributed by atoms with Gasteiger partial charge >= 0.3 is 5.97 Å². The molecule has 0 saturated carbocycles.